The third kappa shape index (κ3) is 2.58. The second kappa shape index (κ2) is 4.86. The zero-order chi connectivity index (χ0) is 14.3. The van der Waals surface area contributed by atoms with Gasteiger partial charge in [-0.15, -0.1) is 0 Å². The van der Waals surface area contributed by atoms with Crippen molar-refractivity contribution in [2.75, 3.05) is 13.1 Å². The first-order valence-corrected chi connectivity index (χ1v) is 7.24. The van der Waals surface area contributed by atoms with Crippen LogP contribution in [0.4, 0.5) is 0 Å². The lowest BCUT2D eigenvalue weighted by Gasteiger charge is -2.41. The molecule has 2 aliphatic heterocycles. The Bertz CT molecular complexity index is 539. The monoisotopic (exact) mass is 274 g/mol. The zero-order valence-corrected chi connectivity index (χ0v) is 12.4. The van der Waals surface area contributed by atoms with Crippen LogP contribution in [0.3, 0.4) is 0 Å². The maximum atomic E-state index is 12.7. The zero-order valence-electron chi connectivity index (χ0n) is 12.4. The van der Waals surface area contributed by atoms with Crippen LogP contribution in [0.1, 0.15) is 42.3 Å². The normalized spacial score (nSPS) is 24.6. The SMILES string of the molecule is CC1CN(C(=O)c2ccc3c(c2)CNC3)CC(C)(C)O1. The maximum absolute atomic E-state index is 12.7. The molecule has 0 aliphatic carbocycles. The number of nitrogens with zero attached hydrogens (tertiary/aromatic N) is 1. The average molecular weight is 274 g/mol. The molecular formula is C16H22N2O2. The van der Waals surface area contributed by atoms with Crippen molar-refractivity contribution in [3.63, 3.8) is 0 Å². The summed E-state index contributed by atoms with van der Waals surface area (Å²) in [6, 6.07) is 6.05. The van der Waals surface area contributed by atoms with Gasteiger partial charge in [0.2, 0.25) is 0 Å². The van der Waals surface area contributed by atoms with Gasteiger partial charge in [0.15, 0.2) is 0 Å². The molecule has 1 amide bonds. The predicted molar refractivity (Wildman–Crippen MR) is 77.5 cm³/mol. The predicted octanol–water partition coefficient (Wildman–Crippen LogP) is 1.93. The summed E-state index contributed by atoms with van der Waals surface area (Å²) in [6.07, 6.45) is 0.0822. The van der Waals surface area contributed by atoms with E-state index in [1.807, 2.05) is 37.8 Å². The van der Waals surface area contributed by atoms with Gasteiger partial charge in [-0.1, -0.05) is 6.07 Å². The van der Waals surface area contributed by atoms with E-state index in [-0.39, 0.29) is 17.6 Å². The van der Waals surface area contributed by atoms with Crippen LogP contribution in [0.15, 0.2) is 18.2 Å². The Kier molecular flexibility index (Phi) is 3.30. The highest BCUT2D eigenvalue weighted by Crippen LogP contribution is 2.24. The number of amides is 1. The van der Waals surface area contributed by atoms with E-state index in [0.29, 0.717) is 13.1 Å². The average Bonchev–Trinajstić information content (AvgIpc) is 2.82. The molecule has 4 nitrogen and oxygen atoms in total. The van der Waals surface area contributed by atoms with Crippen LogP contribution in [0.5, 0.6) is 0 Å². The Labute approximate surface area is 120 Å². The Morgan fingerprint density at radius 1 is 1.35 bits per heavy atom. The van der Waals surface area contributed by atoms with Gasteiger partial charge in [0.1, 0.15) is 0 Å². The van der Waals surface area contributed by atoms with Crippen LogP contribution in [-0.4, -0.2) is 35.6 Å². The van der Waals surface area contributed by atoms with Gasteiger partial charge in [0, 0.05) is 31.7 Å². The highest BCUT2D eigenvalue weighted by Gasteiger charge is 2.34. The summed E-state index contributed by atoms with van der Waals surface area (Å²) in [5.74, 6) is 0.114. The summed E-state index contributed by atoms with van der Waals surface area (Å²) in [5, 5.41) is 3.31. The van der Waals surface area contributed by atoms with Crippen LogP contribution in [-0.2, 0) is 17.8 Å². The van der Waals surface area contributed by atoms with E-state index in [4.69, 9.17) is 4.74 Å². The molecule has 2 aliphatic rings. The molecule has 4 heteroatoms. The lowest BCUT2D eigenvalue weighted by atomic mass is 10.0. The van der Waals surface area contributed by atoms with Gasteiger partial charge in [-0.2, -0.15) is 0 Å². The van der Waals surface area contributed by atoms with Gasteiger partial charge in [-0.3, -0.25) is 4.79 Å². The number of hydrogen-bond donors (Lipinski definition) is 1. The number of benzene rings is 1. The summed E-state index contributed by atoms with van der Waals surface area (Å²) >= 11 is 0. The van der Waals surface area contributed by atoms with E-state index < -0.39 is 0 Å². The summed E-state index contributed by atoms with van der Waals surface area (Å²) in [5.41, 5.74) is 3.07. The number of ether oxygens (including phenoxy) is 1. The van der Waals surface area contributed by atoms with Crippen LogP contribution in [0, 0.1) is 0 Å². The number of morpholine rings is 1. The smallest absolute Gasteiger partial charge is 0.254 e. The van der Waals surface area contributed by atoms with Gasteiger partial charge >= 0.3 is 0 Å². The molecule has 1 atom stereocenters. The number of fused-ring (bicyclic) bond motifs is 1. The molecule has 0 radical (unpaired) electrons. The largest absolute Gasteiger partial charge is 0.369 e. The first-order valence-electron chi connectivity index (χ1n) is 7.24. The highest BCUT2D eigenvalue weighted by atomic mass is 16.5. The molecule has 0 saturated carbocycles. The number of rotatable bonds is 1. The first kappa shape index (κ1) is 13.6. The Hall–Kier alpha value is -1.39. The van der Waals surface area contributed by atoms with Crippen molar-refractivity contribution >= 4 is 5.91 Å². The molecule has 0 spiro atoms. The summed E-state index contributed by atoms with van der Waals surface area (Å²) in [6.45, 7) is 9.18. The van der Waals surface area contributed by atoms with E-state index in [0.717, 1.165) is 18.7 Å². The Morgan fingerprint density at radius 2 is 2.10 bits per heavy atom. The molecule has 1 unspecified atom stereocenters. The van der Waals surface area contributed by atoms with Crippen molar-refractivity contribution in [3.8, 4) is 0 Å². The molecule has 2 heterocycles. The third-order valence-electron chi connectivity index (χ3n) is 3.94. The topological polar surface area (TPSA) is 41.6 Å². The van der Waals surface area contributed by atoms with Crippen LogP contribution >= 0.6 is 0 Å². The Balaban J connectivity index is 1.81. The van der Waals surface area contributed by atoms with Gasteiger partial charge in [0.25, 0.3) is 5.91 Å². The molecule has 0 bridgehead atoms. The summed E-state index contributed by atoms with van der Waals surface area (Å²) in [7, 11) is 0. The van der Waals surface area contributed by atoms with E-state index in [9.17, 15) is 4.79 Å². The lowest BCUT2D eigenvalue weighted by molar-refractivity contribution is -0.118. The molecule has 108 valence electrons. The van der Waals surface area contributed by atoms with E-state index in [1.165, 1.54) is 11.1 Å². The van der Waals surface area contributed by atoms with Gasteiger partial charge in [0.05, 0.1) is 11.7 Å². The van der Waals surface area contributed by atoms with Crippen molar-refractivity contribution in [2.45, 2.75) is 45.6 Å². The Morgan fingerprint density at radius 3 is 2.85 bits per heavy atom. The summed E-state index contributed by atoms with van der Waals surface area (Å²) in [4.78, 5) is 14.6. The quantitative estimate of drug-likeness (QED) is 0.851. The fraction of sp³-hybridized carbons (Fsp3) is 0.562. The number of nitrogens with one attached hydrogen (secondary N) is 1. The fourth-order valence-electron chi connectivity index (χ4n) is 3.22. The molecular weight excluding hydrogens is 252 g/mol. The van der Waals surface area contributed by atoms with Crippen molar-refractivity contribution in [1.29, 1.82) is 0 Å². The van der Waals surface area contributed by atoms with Crippen LogP contribution < -0.4 is 5.32 Å². The fourth-order valence-corrected chi connectivity index (χ4v) is 3.22. The second-order valence-electron chi connectivity index (χ2n) is 6.46. The first-order chi connectivity index (χ1) is 9.44. The minimum atomic E-state index is -0.272. The van der Waals surface area contributed by atoms with Crippen molar-refractivity contribution in [2.24, 2.45) is 0 Å². The van der Waals surface area contributed by atoms with Gasteiger partial charge < -0.3 is 15.0 Å². The van der Waals surface area contributed by atoms with Crippen LogP contribution in [0.2, 0.25) is 0 Å². The highest BCUT2D eigenvalue weighted by molar-refractivity contribution is 5.94. The second-order valence-corrected chi connectivity index (χ2v) is 6.46. The minimum absolute atomic E-state index is 0.0822. The maximum Gasteiger partial charge on any atom is 0.254 e. The van der Waals surface area contributed by atoms with Crippen molar-refractivity contribution in [1.82, 2.24) is 10.2 Å². The molecule has 1 N–H and O–H groups in total. The molecule has 1 aromatic rings. The van der Waals surface area contributed by atoms with E-state index in [1.54, 1.807) is 0 Å². The van der Waals surface area contributed by atoms with Gasteiger partial charge in [-0.05, 0) is 44.0 Å². The minimum Gasteiger partial charge on any atom is -0.369 e. The molecule has 20 heavy (non-hydrogen) atoms. The van der Waals surface area contributed by atoms with Crippen molar-refractivity contribution < 1.29 is 9.53 Å². The molecule has 3 rings (SSSR count). The number of carbonyl (C=O) groups is 1. The standard InChI is InChI=1S/C16H22N2O2/c1-11-9-18(10-16(2,3)20-11)15(19)12-4-5-13-7-17-8-14(13)6-12/h4-6,11,17H,7-10H2,1-3H3. The lowest BCUT2D eigenvalue weighted by Crippen LogP contribution is -2.53. The van der Waals surface area contributed by atoms with Gasteiger partial charge in [-0.25, -0.2) is 0 Å². The van der Waals surface area contributed by atoms with Crippen molar-refractivity contribution in [3.05, 3.63) is 34.9 Å². The number of carbonyl (C=O) groups excluding carboxylic acids is 1. The van der Waals surface area contributed by atoms with E-state index in [2.05, 4.69) is 11.4 Å². The van der Waals surface area contributed by atoms with Crippen LogP contribution in [0.25, 0.3) is 0 Å². The molecule has 1 fully saturated rings. The molecule has 1 saturated heterocycles. The molecule has 1 aromatic carbocycles. The number of hydrogen-bond acceptors (Lipinski definition) is 3. The van der Waals surface area contributed by atoms with E-state index >= 15 is 0 Å². The molecule has 0 aromatic heterocycles. The summed E-state index contributed by atoms with van der Waals surface area (Å²) < 4.78 is 5.86. The third-order valence-corrected chi connectivity index (χ3v) is 3.94.